The number of benzene rings is 3. The van der Waals surface area contributed by atoms with Gasteiger partial charge in [0.2, 0.25) is 11.8 Å². The van der Waals surface area contributed by atoms with E-state index in [0.717, 1.165) is 21.0 Å². The number of nitrogens with one attached hydrogen (secondary N) is 2. The van der Waals surface area contributed by atoms with Gasteiger partial charge in [0, 0.05) is 21.9 Å². The lowest BCUT2D eigenvalue weighted by Gasteiger charge is -2.26. The van der Waals surface area contributed by atoms with Crippen LogP contribution in [0.3, 0.4) is 0 Å². The fourth-order valence-electron chi connectivity index (χ4n) is 3.17. The number of nitrogens with zero attached hydrogens (tertiary/aromatic N) is 1. The second-order valence-corrected chi connectivity index (χ2v) is 8.49. The van der Waals surface area contributed by atoms with Gasteiger partial charge in [-0.1, -0.05) is 65.8 Å². The van der Waals surface area contributed by atoms with Gasteiger partial charge in [0.25, 0.3) is 0 Å². The molecule has 3 rings (SSSR count). The molecule has 0 radical (unpaired) electrons. The van der Waals surface area contributed by atoms with E-state index in [1.165, 1.54) is 0 Å². The highest BCUT2D eigenvalue weighted by molar-refractivity contribution is 7.99. The average Bonchev–Trinajstić information content (AvgIpc) is 2.77. The topological polar surface area (TPSA) is 61.4 Å². The van der Waals surface area contributed by atoms with Crippen LogP contribution in [-0.4, -0.2) is 37.4 Å². The summed E-state index contributed by atoms with van der Waals surface area (Å²) in [6.07, 6.45) is 0. The molecule has 0 bridgehead atoms. The minimum absolute atomic E-state index is 0.0467. The predicted octanol–water partition coefficient (Wildman–Crippen LogP) is 4.85. The summed E-state index contributed by atoms with van der Waals surface area (Å²) in [4.78, 5) is 29.1. The third kappa shape index (κ3) is 6.34. The van der Waals surface area contributed by atoms with Gasteiger partial charge in [-0.25, -0.2) is 0 Å². The molecule has 2 N–H and O–H groups in total. The summed E-state index contributed by atoms with van der Waals surface area (Å²) in [6, 6.07) is 24.1. The first-order chi connectivity index (χ1) is 15.0. The summed E-state index contributed by atoms with van der Waals surface area (Å²) >= 11 is 7.56. The Morgan fingerprint density at radius 2 is 1.61 bits per heavy atom. The van der Waals surface area contributed by atoms with Crippen LogP contribution in [0.1, 0.15) is 11.6 Å². The molecule has 0 aliphatic rings. The maximum atomic E-state index is 12.8. The van der Waals surface area contributed by atoms with Crippen molar-refractivity contribution in [2.45, 2.75) is 15.8 Å². The Kier molecular flexibility index (Phi) is 8.12. The van der Waals surface area contributed by atoms with Crippen LogP contribution in [0, 0.1) is 0 Å². The number of carbonyl (C=O) groups excluding carboxylic acids is 2. The van der Waals surface area contributed by atoms with Gasteiger partial charge in [-0.15, -0.1) is 0 Å². The summed E-state index contributed by atoms with van der Waals surface area (Å²) in [6.45, 7) is 0.0467. The summed E-state index contributed by atoms with van der Waals surface area (Å²) in [7, 11) is 3.33. The summed E-state index contributed by atoms with van der Waals surface area (Å²) in [5.74, 6) is -0.399. The van der Waals surface area contributed by atoms with Crippen LogP contribution >= 0.6 is 23.4 Å². The normalized spacial score (nSPS) is 11.7. The highest BCUT2D eigenvalue weighted by atomic mass is 35.5. The molecule has 2 amide bonds. The van der Waals surface area contributed by atoms with E-state index in [0.29, 0.717) is 5.02 Å². The first-order valence-electron chi connectivity index (χ1n) is 9.77. The van der Waals surface area contributed by atoms with Crippen LogP contribution in [0.15, 0.2) is 88.7 Å². The minimum Gasteiger partial charge on any atom is -0.358 e. The van der Waals surface area contributed by atoms with E-state index in [1.54, 1.807) is 55.0 Å². The Bertz CT molecular complexity index is 1030. The molecule has 0 heterocycles. The third-order valence-corrected chi connectivity index (χ3v) is 5.98. The molecule has 1 unspecified atom stereocenters. The molecule has 0 aromatic heterocycles. The molecule has 3 aromatic carbocycles. The van der Waals surface area contributed by atoms with Gasteiger partial charge in [-0.3, -0.25) is 14.5 Å². The van der Waals surface area contributed by atoms with Crippen molar-refractivity contribution in [3.8, 4) is 0 Å². The molecule has 0 aliphatic carbocycles. The smallest absolute Gasteiger partial charge is 0.241 e. The van der Waals surface area contributed by atoms with E-state index in [1.807, 2.05) is 54.6 Å². The fourth-order valence-corrected chi connectivity index (χ4v) is 4.22. The number of likely N-dealkylation sites (N-methyl/N-ethyl adjacent to an activating group) is 2. The molecule has 0 saturated carbocycles. The van der Waals surface area contributed by atoms with Gasteiger partial charge in [-0.05, 0) is 49.0 Å². The Balaban J connectivity index is 1.72. The molecular formula is C24H24ClN3O2S. The van der Waals surface area contributed by atoms with E-state index in [4.69, 9.17) is 11.6 Å². The molecule has 3 aromatic rings. The van der Waals surface area contributed by atoms with E-state index >= 15 is 0 Å². The second-order valence-electron chi connectivity index (χ2n) is 6.94. The molecular weight excluding hydrogens is 430 g/mol. The van der Waals surface area contributed by atoms with Crippen molar-refractivity contribution in [1.82, 2.24) is 10.2 Å². The summed E-state index contributed by atoms with van der Waals surface area (Å²) < 4.78 is 0. The number of anilines is 1. The Hall–Kier alpha value is -2.80. The van der Waals surface area contributed by atoms with Gasteiger partial charge in [-0.2, -0.15) is 0 Å². The van der Waals surface area contributed by atoms with Gasteiger partial charge in [0.15, 0.2) is 0 Å². The highest BCUT2D eigenvalue weighted by Crippen LogP contribution is 2.33. The van der Waals surface area contributed by atoms with Crippen LogP contribution in [0.5, 0.6) is 0 Å². The van der Waals surface area contributed by atoms with Crippen molar-refractivity contribution < 1.29 is 9.59 Å². The molecule has 0 aliphatic heterocycles. The molecule has 5 nitrogen and oxygen atoms in total. The molecule has 0 spiro atoms. The zero-order valence-electron chi connectivity index (χ0n) is 17.3. The van der Waals surface area contributed by atoms with Gasteiger partial charge >= 0.3 is 0 Å². The lowest BCUT2D eigenvalue weighted by atomic mass is 10.0. The lowest BCUT2D eigenvalue weighted by Crippen LogP contribution is -2.40. The predicted molar refractivity (Wildman–Crippen MR) is 127 cm³/mol. The van der Waals surface area contributed by atoms with Crippen molar-refractivity contribution in [3.63, 3.8) is 0 Å². The van der Waals surface area contributed by atoms with E-state index in [9.17, 15) is 9.59 Å². The third-order valence-electron chi connectivity index (χ3n) is 4.65. The molecule has 1 atom stereocenters. The SMILES string of the molecule is CNC(=O)C(c1ccc(Cl)cc1)N(C)CC(=O)Nc1ccccc1Sc1ccccc1. The number of amides is 2. The maximum Gasteiger partial charge on any atom is 0.241 e. The van der Waals surface area contributed by atoms with E-state index in [2.05, 4.69) is 10.6 Å². The highest BCUT2D eigenvalue weighted by Gasteiger charge is 2.26. The monoisotopic (exact) mass is 453 g/mol. The zero-order valence-corrected chi connectivity index (χ0v) is 18.9. The molecule has 7 heteroatoms. The van der Waals surface area contributed by atoms with Gasteiger partial charge in [0.1, 0.15) is 6.04 Å². The number of halogens is 1. The van der Waals surface area contributed by atoms with Crippen molar-refractivity contribution >= 4 is 40.9 Å². The maximum absolute atomic E-state index is 12.8. The van der Waals surface area contributed by atoms with Crippen molar-refractivity contribution in [3.05, 3.63) is 89.4 Å². The molecule has 0 fully saturated rings. The Labute approximate surface area is 191 Å². The van der Waals surface area contributed by atoms with Crippen LogP contribution in [0.4, 0.5) is 5.69 Å². The Morgan fingerprint density at radius 3 is 2.29 bits per heavy atom. The molecule has 0 saturated heterocycles. The average molecular weight is 454 g/mol. The first-order valence-corrected chi connectivity index (χ1v) is 11.0. The molecule has 31 heavy (non-hydrogen) atoms. The fraction of sp³-hybridized carbons (Fsp3) is 0.167. The van der Waals surface area contributed by atoms with Crippen LogP contribution in [-0.2, 0) is 9.59 Å². The largest absolute Gasteiger partial charge is 0.358 e. The van der Waals surface area contributed by atoms with Crippen molar-refractivity contribution in [1.29, 1.82) is 0 Å². The van der Waals surface area contributed by atoms with E-state index in [-0.39, 0.29) is 18.4 Å². The Morgan fingerprint density at radius 1 is 0.968 bits per heavy atom. The number of hydrogen-bond donors (Lipinski definition) is 2. The first kappa shape index (κ1) is 22.9. The van der Waals surface area contributed by atoms with Gasteiger partial charge < -0.3 is 10.6 Å². The minimum atomic E-state index is -0.609. The number of para-hydroxylation sites is 1. The van der Waals surface area contributed by atoms with Crippen molar-refractivity contribution in [2.75, 3.05) is 26.0 Å². The lowest BCUT2D eigenvalue weighted by molar-refractivity contribution is -0.126. The second kappa shape index (κ2) is 11.0. The quantitative estimate of drug-likeness (QED) is 0.512. The van der Waals surface area contributed by atoms with Gasteiger partial charge in [0.05, 0.1) is 12.2 Å². The summed E-state index contributed by atoms with van der Waals surface area (Å²) in [5, 5.41) is 6.24. The number of rotatable bonds is 8. The zero-order chi connectivity index (χ0) is 22.2. The van der Waals surface area contributed by atoms with E-state index < -0.39 is 6.04 Å². The van der Waals surface area contributed by atoms with Crippen LogP contribution in [0.2, 0.25) is 5.02 Å². The van der Waals surface area contributed by atoms with Crippen LogP contribution < -0.4 is 10.6 Å². The number of hydrogen-bond acceptors (Lipinski definition) is 4. The standard InChI is InChI=1S/C24H24ClN3O2S/c1-26-24(30)23(17-12-14-18(25)15-13-17)28(2)16-22(29)27-20-10-6-7-11-21(20)31-19-8-4-3-5-9-19/h3-15,23H,16H2,1-2H3,(H,26,30)(H,27,29). The number of carbonyl (C=O) groups is 2. The van der Waals surface area contributed by atoms with Crippen molar-refractivity contribution in [2.24, 2.45) is 0 Å². The molecule has 160 valence electrons. The summed E-state index contributed by atoms with van der Waals surface area (Å²) in [5.41, 5.74) is 1.50. The van der Waals surface area contributed by atoms with Crippen LogP contribution in [0.25, 0.3) is 0 Å².